The average molecular weight is 209 g/mol. The minimum absolute atomic E-state index is 1.11. The third-order valence-corrected chi connectivity index (χ3v) is 1.98. The van der Waals surface area contributed by atoms with Gasteiger partial charge in [0.2, 0.25) is 0 Å². The van der Waals surface area contributed by atoms with E-state index >= 15 is 0 Å². The second-order valence-corrected chi connectivity index (χ2v) is 3.27. The molecule has 0 bridgehead atoms. The van der Waals surface area contributed by atoms with Crippen molar-refractivity contribution in [3.63, 3.8) is 0 Å². The second kappa shape index (κ2) is 3.56. The van der Waals surface area contributed by atoms with Crippen LogP contribution in [-0.4, -0.2) is 0 Å². The Morgan fingerprint density at radius 2 is 2.27 bits per heavy atom. The Kier molecular flexibility index (Phi) is 2.70. The molecule has 11 heavy (non-hydrogen) atoms. The van der Waals surface area contributed by atoms with Crippen LogP contribution in [0.2, 0.25) is 0 Å². The van der Waals surface area contributed by atoms with Gasteiger partial charge in [-0.25, -0.2) is 0 Å². The summed E-state index contributed by atoms with van der Waals surface area (Å²) in [6.07, 6.45) is 1.88. The molecule has 0 nitrogen and oxygen atoms in total. The van der Waals surface area contributed by atoms with Crippen LogP contribution < -0.4 is 0 Å². The maximum atomic E-state index is 3.53. The van der Waals surface area contributed by atoms with Crippen molar-refractivity contribution >= 4 is 22.0 Å². The van der Waals surface area contributed by atoms with Crippen LogP contribution in [0.3, 0.4) is 0 Å². The summed E-state index contributed by atoms with van der Waals surface area (Å²) < 4.78 is 1.11. The van der Waals surface area contributed by atoms with Crippen molar-refractivity contribution in [2.24, 2.45) is 0 Å². The Labute approximate surface area is 75.4 Å². The summed E-state index contributed by atoms with van der Waals surface area (Å²) in [6.45, 7) is 5.59. The summed E-state index contributed by atoms with van der Waals surface area (Å²) in [5.41, 5.74) is 5.16. The molecule has 1 heteroatoms. The molecule has 0 aliphatic carbocycles. The van der Waals surface area contributed by atoms with Gasteiger partial charge in [-0.3, -0.25) is 0 Å². The zero-order valence-corrected chi connectivity index (χ0v) is 7.98. The van der Waals surface area contributed by atoms with Gasteiger partial charge in [0, 0.05) is 4.47 Å². The summed E-state index contributed by atoms with van der Waals surface area (Å²) >= 11 is 3.40. The van der Waals surface area contributed by atoms with E-state index in [0.717, 1.165) is 4.47 Å². The van der Waals surface area contributed by atoms with Gasteiger partial charge in [0.05, 0.1) is 0 Å². The van der Waals surface area contributed by atoms with Crippen molar-refractivity contribution in [2.45, 2.75) is 6.92 Å². The van der Waals surface area contributed by atoms with E-state index in [1.165, 1.54) is 11.1 Å². The van der Waals surface area contributed by atoms with E-state index in [-0.39, 0.29) is 0 Å². The molecule has 0 fully saturated rings. The lowest BCUT2D eigenvalue weighted by molar-refractivity contribution is 1.43. The Hall–Kier alpha value is -0.780. The van der Waals surface area contributed by atoms with E-state index in [4.69, 9.17) is 0 Å². The van der Waals surface area contributed by atoms with E-state index in [9.17, 15) is 0 Å². The first kappa shape index (κ1) is 8.32. The third kappa shape index (κ3) is 2.07. The number of aryl methyl sites for hydroxylation is 1. The molecule has 0 N–H and O–H groups in total. The van der Waals surface area contributed by atoms with Gasteiger partial charge in [0.1, 0.15) is 0 Å². The van der Waals surface area contributed by atoms with Gasteiger partial charge in [-0.05, 0) is 36.3 Å². The molecule has 0 aromatic heterocycles. The van der Waals surface area contributed by atoms with Crippen molar-refractivity contribution in [3.8, 4) is 0 Å². The zero-order valence-electron chi connectivity index (χ0n) is 6.39. The molecule has 0 atom stereocenters. The molecule has 0 aliphatic rings. The normalized spacial score (nSPS) is 8.91. The summed E-state index contributed by atoms with van der Waals surface area (Å²) in [5, 5.41) is 0. The number of rotatable bonds is 1. The van der Waals surface area contributed by atoms with Crippen LogP contribution in [-0.2, 0) is 0 Å². The van der Waals surface area contributed by atoms with Crippen LogP contribution in [0.15, 0.2) is 35.0 Å². The van der Waals surface area contributed by atoms with E-state index < -0.39 is 0 Å². The van der Waals surface area contributed by atoms with Crippen molar-refractivity contribution in [2.75, 3.05) is 0 Å². The van der Waals surface area contributed by atoms with Crippen LogP contribution in [0, 0.1) is 6.92 Å². The Morgan fingerprint density at radius 1 is 1.55 bits per heavy atom. The summed E-state index contributed by atoms with van der Waals surface area (Å²) in [5.74, 6) is 0. The number of hydrogen-bond acceptors (Lipinski definition) is 0. The summed E-state index contributed by atoms with van der Waals surface area (Å²) in [4.78, 5) is 0. The Balaban J connectivity index is 3.19. The molecule has 0 saturated heterocycles. The van der Waals surface area contributed by atoms with E-state index in [2.05, 4.69) is 41.2 Å². The van der Waals surface area contributed by atoms with Gasteiger partial charge in [0.15, 0.2) is 0 Å². The van der Waals surface area contributed by atoms with Gasteiger partial charge in [-0.1, -0.05) is 28.6 Å². The highest BCUT2D eigenvalue weighted by Gasteiger charge is 1.93. The molecule has 1 aromatic carbocycles. The SMILES string of the molecule is C=C=Cc1ccc(Br)cc1C. The van der Waals surface area contributed by atoms with E-state index in [1.807, 2.05) is 18.2 Å². The van der Waals surface area contributed by atoms with Crippen molar-refractivity contribution < 1.29 is 0 Å². The number of benzene rings is 1. The molecule has 1 rings (SSSR count). The molecular formula is C10H9Br. The van der Waals surface area contributed by atoms with Crippen molar-refractivity contribution in [3.05, 3.63) is 46.1 Å². The minimum Gasteiger partial charge on any atom is -0.128 e. The highest BCUT2D eigenvalue weighted by molar-refractivity contribution is 9.10. The topological polar surface area (TPSA) is 0 Å². The van der Waals surface area contributed by atoms with Crippen LogP contribution in [0.1, 0.15) is 11.1 Å². The lowest BCUT2D eigenvalue weighted by Crippen LogP contribution is -1.78. The monoisotopic (exact) mass is 208 g/mol. The molecule has 0 radical (unpaired) electrons. The third-order valence-electron chi connectivity index (χ3n) is 1.49. The predicted octanol–water partition coefficient (Wildman–Crippen LogP) is 3.56. The zero-order chi connectivity index (χ0) is 8.27. The van der Waals surface area contributed by atoms with Crippen molar-refractivity contribution in [1.82, 2.24) is 0 Å². The first-order chi connectivity index (χ1) is 5.24. The largest absolute Gasteiger partial charge is 0.128 e. The Bertz CT molecular complexity index is 307. The molecule has 0 aliphatic heterocycles. The lowest BCUT2D eigenvalue weighted by Gasteiger charge is -1.98. The number of hydrogen-bond donors (Lipinski definition) is 0. The first-order valence-electron chi connectivity index (χ1n) is 3.36. The molecule has 0 unspecified atom stereocenters. The Morgan fingerprint density at radius 3 is 2.82 bits per heavy atom. The first-order valence-corrected chi connectivity index (χ1v) is 4.15. The maximum Gasteiger partial charge on any atom is 0.0178 e. The minimum atomic E-state index is 1.11. The van der Waals surface area contributed by atoms with Crippen LogP contribution >= 0.6 is 15.9 Å². The van der Waals surface area contributed by atoms with Gasteiger partial charge in [0.25, 0.3) is 0 Å². The smallest absolute Gasteiger partial charge is 0.0178 e. The second-order valence-electron chi connectivity index (χ2n) is 2.35. The molecular weight excluding hydrogens is 200 g/mol. The lowest BCUT2D eigenvalue weighted by atomic mass is 10.1. The highest BCUT2D eigenvalue weighted by Crippen LogP contribution is 2.16. The fourth-order valence-corrected chi connectivity index (χ4v) is 1.39. The fourth-order valence-electron chi connectivity index (χ4n) is 0.911. The maximum absolute atomic E-state index is 3.53. The van der Waals surface area contributed by atoms with Crippen molar-refractivity contribution in [1.29, 1.82) is 0 Å². The summed E-state index contributed by atoms with van der Waals surface area (Å²) in [6, 6.07) is 6.12. The van der Waals surface area contributed by atoms with Crippen LogP contribution in [0.5, 0.6) is 0 Å². The van der Waals surface area contributed by atoms with Gasteiger partial charge < -0.3 is 0 Å². The van der Waals surface area contributed by atoms with E-state index in [0.29, 0.717) is 0 Å². The molecule has 0 saturated carbocycles. The molecule has 1 aromatic rings. The quantitative estimate of drug-likeness (QED) is 0.620. The number of halogens is 1. The van der Waals surface area contributed by atoms with Crippen LogP contribution in [0.4, 0.5) is 0 Å². The highest BCUT2D eigenvalue weighted by atomic mass is 79.9. The van der Waals surface area contributed by atoms with Crippen LogP contribution in [0.25, 0.3) is 6.08 Å². The standard InChI is InChI=1S/C10H9Br/c1-3-4-9-5-6-10(11)7-8(9)2/h4-7H,1H2,2H3. The molecule has 0 amide bonds. The average Bonchev–Trinajstić information content (AvgIpc) is 1.95. The fraction of sp³-hybridized carbons (Fsp3) is 0.100. The molecule has 56 valence electrons. The van der Waals surface area contributed by atoms with Gasteiger partial charge in [-0.2, -0.15) is 0 Å². The van der Waals surface area contributed by atoms with Gasteiger partial charge >= 0.3 is 0 Å². The predicted molar refractivity (Wildman–Crippen MR) is 52.5 cm³/mol. The molecule has 0 heterocycles. The summed E-state index contributed by atoms with van der Waals surface area (Å²) in [7, 11) is 0. The van der Waals surface area contributed by atoms with Gasteiger partial charge in [-0.15, -0.1) is 5.73 Å². The molecule has 0 spiro atoms. The van der Waals surface area contributed by atoms with E-state index in [1.54, 1.807) is 0 Å².